The third-order valence-electron chi connectivity index (χ3n) is 19.1. The number of hydrogen-bond donors (Lipinski definition) is 9. The van der Waals surface area contributed by atoms with Crippen molar-refractivity contribution in [2.24, 2.45) is 0 Å². The first kappa shape index (κ1) is 88.5. The number of ether oxygens (including phenoxy) is 4. The van der Waals surface area contributed by atoms with E-state index < -0.39 is 86.8 Å². The minimum atomic E-state index is -1.79. The number of carbonyl (C=O) groups is 1. The Morgan fingerprint density at radius 2 is 0.726 bits per heavy atom. The van der Waals surface area contributed by atoms with E-state index in [9.17, 15) is 45.6 Å². The van der Waals surface area contributed by atoms with Crippen molar-refractivity contribution < 1.29 is 64.6 Å². The van der Waals surface area contributed by atoms with Crippen LogP contribution in [0.25, 0.3) is 0 Å². The Morgan fingerprint density at radius 3 is 1.12 bits per heavy atom. The van der Waals surface area contributed by atoms with E-state index in [1.807, 2.05) is 6.08 Å². The first-order valence-electron chi connectivity index (χ1n) is 39.7. The maximum absolute atomic E-state index is 13.4. The Labute approximate surface area is 580 Å². The second kappa shape index (κ2) is 64.8. The van der Waals surface area contributed by atoms with Crippen LogP contribution in [0, 0.1) is 0 Å². The monoisotopic (exact) mass is 1340 g/mol. The highest BCUT2D eigenvalue weighted by atomic mass is 16.7. The molecule has 0 spiro atoms. The molecule has 554 valence electrons. The summed E-state index contributed by atoms with van der Waals surface area (Å²) in [4.78, 5) is 13.4. The highest BCUT2D eigenvalue weighted by molar-refractivity contribution is 5.76. The van der Waals surface area contributed by atoms with Crippen molar-refractivity contribution in [3.8, 4) is 0 Å². The molecule has 0 aliphatic carbocycles. The maximum atomic E-state index is 13.4. The molecule has 2 aliphatic rings. The van der Waals surface area contributed by atoms with E-state index in [2.05, 4.69) is 79.9 Å². The van der Waals surface area contributed by atoms with Crippen LogP contribution < -0.4 is 5.32 Å². The zero-order valence-corrected chi connectivity index (χ0v) is 60.7. The molecule has 9 N–H and O–H groups in total. The Bertz CT molecular complexity index is 1870. The zero-order valence-electron chi connectivity index (χ0n) is 60.7. The van der Waals surface area contributed by atoms with Crippen LogP contribution in [0.15, 0.2) is 72.9 Å². The smallest absolute Gasteiger partial charge is 0.220 e. The van der Waals surface area contributed by atoms with Crippen LogP contribution in [0.5, 0.6) is 0 Å². The largest absolute Gasteiger partial charge is 0.394 e. The predicted octanol–water partition coefficient (Wildman–Crippen LogP) is 17.7. The summed E-state index contributed by atoms with van der Waals surface area (Å²) in [5.74, 6) is -0.237. The van der Waals surface area contributed by atoms with Gasteiger partial charge in [0.1, 0.15) is 48.8 Å². The lowest BCUT2D eigenvalue weighted by molar-refractivity contribution is -0.359. The molecule has 0 radical (unpaired) electrons. The van der Waals surface area contributed by atoms with Gasteiger partial charge < -0.3 is 65.1 Å². The van der Waals surface area contributed by atoms with Gasteiger partial charge in [-0.2, -0.15) is 0 Å². The Hall–Kier alpha value is -2.57. The third kappa shape index (κ3) is 48.0. The SMILES string of the molecule is CC/C=C\C/C=C\C/C=C\C/C=C\C/C=C\CCCCCCCCCCCCCCCCCC(=O)NC(COC1OC(CO)C(OC2OC(CO)C(O)C(O)C2O)C(O)C1O)C(O)/C=C/CCCCCCCCCCCCCCCCCCCCCCCCCCCCCC. The number of unbranched alkanes of at least 4 members (excludes halogenated alkanes) is 43. The fraction of sp³-hybridized carbons (Fsp3) is 0.840. The number of nitrogens with one attached hydrogen (secondary N) is 1. The number of amides is 1. The molecule has 2 saturated heterocycles. The van der Waals surface area contributed by atoms with Crippen molar-refractivity contribution in [1.29, 1.82) is 0 Å². The summed E-state index contributed by atoms with van der Waals surface area (Å²) in [6.07, 6.45) is 72.6. The highest BCUT2D eigenvalue weighted by Crippen LogP contribution is 2.30. The molecule has 95 heavy (non-hydrogen) atoms. The van der Waals surface area contributed by atoms with Gasteiger partial charge in [0.25, 0.3) is 0 Å². The van der Waals surface area contributed by atoms with Gasteiger partial charge >= 0.3 is 0 Å². The Balaban J connectivity index is 1.63. The van der Waals surface area contributed by atoms with Crippen LogP contribution in [0.4, 0.5) is 0 Å². The van der Waals surface area contributed by atoms with Gasteiger partial charge in [-0.05, 0) is 64.2 Å². The van der Waals surface area contributed by atoms with E-state index in [4.69, 9.17) is 18.9 Å². The number of allylic oxidation sites excluding steroid dienone is 11. The summed E-state index contributed by atoms with van der Waals surface area (Å²) in [5, 5.41) is 87.7. The third-order valence-corrected chi connectivity index (χ3v) is 19.1. The number of carbonyl (C=O) groups excluding carboxylic acids is 1. The molecular formula is C81H147NO13. The summed E-state index contributed by atoms with van der Waals surface area (Å²) in [7, 11) is 0. The summed E-state index contributed by atoms with van der Waals surface area (Å²) in [6, 6.07) is -0.920. The minimum Gasteiger partial charge on any atom is -0.394 e. The molecule has 12 unspecified atom stereocenters. The fourth-order valence-electron chi connectivity index (χ4n) is 12.9. The zero-order chi connectivity index (χ0) is 68.7. The lowest BCUT2D eigenvalue weighted by Crippen LogP contribution is -2.65. The molecule has 0 aromatic heterocycles. The molecule has 0 bridgehead atoms. The molecule has 1 amide bonds. The lowest BCUT2D eigenvalue weighted by atomic mass is 9.97. The summed E-state index contributed by atoms with van der Waals surface area (Å²) in [5.41, 5.74) is 0. The fourth-order valence-corrected chi connectivity index (χ4v) is 12.9. The molecule has 2 aliphatic heterocycles. The van der Waals surface area contributed by atoms with Crippen LogP contribution in [0.1, 0.15) is 341 Å². The van der Waals surface area contributed by atoms with Crippen LogP contribution >= 0.6 is 0 Å². The molecular weight excluding hydrogens is 1190 g/mol. The average molecular weight is 1340 g/mol. The Morgan fingerprint density at radius 1 is 0.389 bits per heavy atom. The van der Waals surface area contributed by atoms with Gasteiger partial charge in [0.15, 0.2) is 12.6 Å². The number of aliphatic hydroxyl groups excluding tert-OH is 8. The van der Waals surface area contributed by atoms with Crippen molar-refractivity contribution in [3.05, 3.63) is 72.9 Å². The molecule has 14 heteroatoms. The molecule has 2 rings (SSSR count). The van der Waals surface area contributed by atoms with Crippen molar-refractivity contribution in [3.63, 3.8) is 0 Å². The summed E-state index contributed by atoms with van der Waals surface area (Å²) in [6.45, 7) is 2.74. The van der Waals surface area contributed by atoms with E-state index in [-0.39, 0.29) is 18.9 Å². The second-order valence-electron chi connectivity index (χ2n) is 27.8. The van der Waals surface area contributed by atoms with Crippen LogP contribution in [0.2, 0.25) is 0 Å². The van der Waals surface area contributed by atoms with Crippen LogP contribution in [-0.2, 0) is 23.7 Å². The summed E-state index contributed by atoms with van der Waals surface area (Å²) < 4.78 is 22.9. The Kier molecular flexibility index (Phi) is 60.4. The lowest BCUT2D eigenvalue weighted by Gasteiger charge is -2.46. The van der Waals surface area contributed by atoms with Gasteiger partial charge in [0, 0.05) is 6.42 Å². The van der Waals surface area contributed by atoms with Crippen molar-refractivity contribution in [2.75, 3.05) is 19.8 Å². The van der Waals surface area contributed by atoms with Crippen LogP contribution in [0.3, 0.4) is 0 Å². The summed E-state index contributed by atoms with van der Waals surface area (Å²) >= 11 is 0. The van der Waals surface area contributed by atoms with Gasteiger partial charge in [-0.25, -0.2) is 0 Å². The minimum absolute atomic E-state index is 0.237. The number of aliphatic hydroxyl groups is 8. The molecule has 12 atom stereocenters. The topological polar surface area (TPSA) is 228 Å². The van der Waals surface area contributed by atoms with E-state index in [0.29, 0.717) is 6.42 Å². The first-order chi connectivity index (χ1) is 46.6. The number of rotatable bonds is 66. The molecule has 0 saturated carbocycles. The standard InChI is InChI=1S/C81H147NO13/c1-3-5-7-9-11-13-15-17-19-21-23-25-27-29-31-33-35-37-39-41-43-45-47-49-51-53-55-57-59-61-63-65-73(86)82-69(68-92-80-78(91)76(89)79(72(67-84)94-80)95-81-77(90)75(88)74(87)71(66-83)93-81)70(85)64-62-60-58-56-54-52-50-48-46-44-42-40-38-36-34-32-30-28-26-24-22-20-18-16-14-12-10-8-6-4-2/h5,7,11,13,17,19,23,25,29,31,62,64,69-72,74-81,83-85,87-91H,3-4,6,8-10,12,14-16,18,20-22,24,26-28,30,32-61,63,65-68H2,1-2H3,(H,82,86)/b7-5-,13-11-,19-17-,25-23-,31-29-,64-62+. The van der Waals surface area contributed by atoms with E-state index in [1.54, 1.807) is 6.08 Å². The van der Waals surface area contributed by atoms with E-state index in [1.165, 1.54) is 244 Å². The molecule has 2 fully saturated rings. The van der Waals surface area contributed by atoms with Gasteiger partial charge in [-0.3, -0.25) is 4.79 Å². The molecule has 0 aromatic carbocycles. The highest BCUT2D eigenvalue weighted by Gasteiger charge is 2.51. The number of hydrogen-bond acceptors (Lipinski definition) is 13. The quantitative estimate of drug-likeness (QED) is 0.0204. The molecule has 14 nitrogen and oxygen atoms in total. The maximum Gasteiger partial charge on any atom is 0.220 e. The van der Waals surface area contributed by atoms with Crippen LogP contribution in [-0.4, -0.2) is 140 Å². The van der Waals surface area contributed by atoms with Gasteiger partial charge in [-0.1, -0.05) is 344 Å². The van der Waals surface area contributed by atoms with E-state index >= 15 is 0 Å². The normalized spacial score (nSPS) is 22.7. The second-order valence-corrected chi connectivity index (χ2v) is 27.8. The van der Waals surface area contributed by atoms with E-state index in [0.717, 1.165) is 70.6 Å². The predicted molar refractivity (Wildman–Crippen MR) is 392 cm³/mol. The van der Waals surface area contributed by atoms with Gasteiger partial charge in [0.05, 0.1) is 32.0 Å². The van der Waals surface area contributed by atoms with Crippen molar-refractivity contribution in [2.45, 2.75) is 415 Å². The van der Waals surface area contributed by atoms with Gasteiger partial charge in [0.2, 0.25) is 5.91 Å². The molecule has 2 heterocycles. The molecule has 0 aromatic rings. The van der Waals surface area contributed by atoms with Crippen molar-refractivity contribution in [1.82, 2.24) is 5.32 Å². The van der Waals surface area contributed by atoms with Gasteiger partial charge in [-0.15, -0.1) is 0 Å². The first-order valence-corrected chi connectivity index (χ1v) is 39.7. The van der Waals surface area contributed by atoms with Crippen molar-refractivity contribution >= 4 is 5.91 Å². The average Bonchev–Trinajstić information content (AvgIpc) is 0.801.